The molecule has 35 heavy (non-hydrogen) atoms. The molecule has 7 heteroatoms. The minimum absolute atomic E-state index is 0.0302. The fraction of sp³-hybridized carbons (Fsp3) is 0.464. The molecule has 0 aromatic heterocycles. The lowest BCUT2D eigenvalue weighted by Crippen LogP contribution is -2.33. The van der Waals surface area contributed by atoms with Gasteiger partial charge in [0.15, 0.2) is 0 Å². The molecule has 3 atom stereocenters. The Bertz CT molecular complexity index is 1020. The molecule has 1 fully saturated rings. The third-order valence-corrected chi connectivity index (χ3v) is 7.26. The van der Waals surface area contributed by atoms with Gasteiger partial charge in [0.1, 0.15) is 6.61 Å². The average Bonchev–Trinajstić information content (AvgIpc) is 3.44. The number of carbonyl (C=O) groups is 3. The minimum atomic E-state index is -0.778. The topological polar surface area (TPSA) is 105 Å². The second-order valence-electron chi connectivity index (χ2n) is 9.80. The summed E-state index contributed by atoms with van der Waals surface area (Å²) in [6, 6.07) is 16.5. The number of ether oxygens (including phenoxy) is 1. The average molecular weight is 479 g/mol. The zero-order valence-electron chi connectivity index (χ0n) is 20.2. The van der Waals surface area contributed by atoms with Crippen molar-refractivity contribution in [2.75, 3.05) is 13.2 Å². The van der Waals surface area contributed by atoms with Crippen LogP contribution in [-0.4, -0.2) is 42.3 Å². The summed E-state index contributed by atoms with van der Waals surface area (Å²) >= 11 is 0. The third kappa shape index (κ3) is 6.21. The van der Waals surface area contributed by atoms with E-state index >= 15 is 0 Å². The number of hydrogen-bond acceptors (Lipinski definition) is 4. The van der Waals surface area contributed by atoms with E-state index in [9.17, 15) is 14.4 Å². The molecular weight excluding hydrogens is 444 g/mol. The van der Waals surface area contributed by atoms with Gasteiger partial charge in [-0.3, -0.25) is 9.59 Å². The molecule has 0 bridgehead atoms. The van der Waals surface area contributed by atoms with Gasteiger partial charge >= 0.3 is 12.1 Å². The first kappa shape index (κ1) is 24.8. The number of nitrogens with one attached hydrogen (secondary N) is 2. The summed E-state index contributed by atoms with van der Waals surface area (Å²) in [6.07, 6.45) is 3.31. The molecule has 2 aromatic carbocycles. The van der Waals surface area contributed by atoms with E-state index in [1.165, 1.54) is 22.3 Å². The van der Waals surface area contributed by atoms with E-state index in [1.54, 1.807) is 0 Å². The Morgan fingerprint density at radius 2 is 1.66 bits per heavy atom. The standard InChI is InChI=1S/C28H34N2O5/c1-18(10-13-26(31)30-20-12-11-19(16-20)27(32)33)14-15-29-28(34)35-17-25-23-8-4-2-6-21(23)22-7-3-5-9-24(22)25/h2-9,18-20,25H,10-17H2,1H3,(H,29,34)(H,30,31)(H,32,33)/t18?,19-,20+/m0/s1. The van der Waals surface area contributed by atoms with Crippen molar-refractivity contribution in [3.8, 4) is 11.1 Å². The highest BCUT2D eigenvalue weighted by molar-refractivity contribution is 5.79. The van der Waals surface area contributed by atoms with Gasteiger partial charge in [-0.15, -0.1) is 0 Å². The van der Waals surface area contributed by atoms with Crippen molar-refractivity contribution in [2.24, 2.45) is 11.8 Å². The maximum atomic E-state index is 12.3. The van der Waals surface area contributed by atoms with Gasteiger partial charge in [0.05, 0.1) is 5.92 Å². The lowest BCUT2D eigenvalue weighted by atomic mass is 9.98. The van der Waals surface area contributed by atoms with E-state index in [0.29, 0.717) is 38.8 Å². The Morgan fingerprint density at radius 1 is 1.00 bits per heavy atom. The molecule has 0 heterocycles. The monoisotopic (exact) mass is 478 g/mol. The fourth-order valence-electron chi connectivity index (χ4n) is 5.23. The van der Waals surface area contributed by atoms with Crippen molar-refractivity contribution in [3.05, 3.63) is 59.7 Å². The van der Waals surface area contributed by atoms with Crippen molar-refractivity contribution in [2.45, 2.75) is 57.4 Å². The van der Waals surface area contributed by atoms with Gasteiger partial charge in [0, 0.05) is 24.9 Å². The maximum Gasteiger partial charge on any atom is 0.407 e. The van der Waals surface area contributed by atoms with Crippen LogP contribution < -0.4 is 10.6 Å². The highest BCUT2D eigenvalue weighted by Gasteiger charge is 2.31. The summed E-state index contributed by atoms with van der Waals surface area (Å²) < 4.78 is 5.56. The molecule has 186 valence electrons. The predicted molar refractivity (Wildman–Crippen MR) is 133 cm³/mol. The number of fused-ring (bicyclic) bond motifs is 3. The van der Waals surface area contributed by atoms with Crippen molar-refractivity contribution < 1.29 is 24.2 Å². The van der Waals surface area contributed by atoms with Crippen molar-refractivity contribution in [3.63, 3.8) is 0 Å². The Labute approximate surface area is 206 Å². The van der Waals surface area contributed by atoms with Crippen LogP contribution in [0.3, 0.4) is 0 Å². The van der Waals surface area contributed by atoms with Gasteiger partial charge < -0.3 is 20.5 Å². The highest BCUT2D eigenvalue weighted by atomic mass is 16.5. The van der Waals surface area contributed by atoms with Crippen molar-refractivity contribution in [1.82, 2.24) is 10.6 Å². The highest BCUT2D eigenvalue weighted by Crippen LogP contribution is 2.44. The molecule has 4 rings (SSSR count). The number of hydrogen-bond donors (Lipinski definition) is 3. The molecule has 0 aliphatic heterocycles. The third-order valence-electron chi connectivity index (χ3n) is 7.26. The Hall–Kier alpha value is -3.35. The van der Waals surface area contributed by atoms with E-state index < -0.39 is 12.1 Å². The lowest BCUT2D eigenvalue weighted by molar-refractivity contribution is -0.141. The quantitative estimate of drug-likeness (QED) is 0.459. The van der Waals surface area contributed by atoms with Gasteiger partial charge in [0.2, 0.25) is 5.91 Å². The van der Waals surface area contributed by atoms with Crippen LogP contribution in [0, 0.1) is 11.8 Å². The summed E-state index contributed by atoms with van der Waals surface area (Å²) in [5.74, 6) is -0.846. The molecule has 3 N–H and O–H groups in total. The molecule has 2 aliphatic carbocycles. The van der Waals surface area contributed by atoms with Crippen LogP contribution in [0.1, 0.15) is 62.5 Å². The van der Waals surface area contributed by atoms with E-state index in [1.807, 2.05) is 24.3 Å². The number of carbonyl (C=O) groups excluding carboxylic acids is 2. The molecule has 1 unspecified atom stereocenters. The first-order valence-corrected chi connectivity index (χ1v) is 12.5. The Balaban J connectivity index is 1.13. The molecule has 1 saturated carbocycles. The molecule has 2 aliphatic rings. The Morgan fingerprint density at radius 3 is 2.29 bits per heavy atom. The second-order valence-corrected chi connectivity index (χ2v) is 9.80. The Kier molecular flexibility index (Phi) is 8.06. The van der Waals surface area contributed by atoms with Gasteiger partial charge in [-0.25, -0.2) is 4.79 Å². The fourth-order valence-corrected chi connectivity index (χ4v) is 5.23. The molecule has 0 saturated heterocycles. The largest absolute Gasteiger partial charge is 0.481 e. The summed E-state index contributed by atoms with van der Waals surface area (Å²) in [5.41, 5.74) is 4.77. The van der Waals surface area contributed by atoms with Gasteiger partial charge in [0.25, 0.3) is 0 Å². The summed E-state index contributed by atoms with van der Waals surface area (Å²) in [6.45, 7) is 2.84. The number of benzene rings is 2. The van der Waals surface area contributed by atoms with E-state index in [-0.39, 0.29) is 29.7 Å². The van der Waals surface area contributed by atoms with Gasteiger partial charge in [-0.1, -0.05) is 55.5 Å². The summed E-state index contributed by atoms with van der Waals surface area (Å²) in [5, 5.41) is 14.9. The number of alkyl carbamates (subject to hydrolysis) is 1. The van der Waals surface area contributed by atoms with Crippen LogP contribution in [0.5, 0.6) is 0 Å². The molecule has 2 aromatic rings. The predicted octanol–water partition coefficient (Wildman–Crippen LogP) is 4.70. The molecule has 0 radical (unpaired) electrons. The zero-order valence-corrected chi connectivity index (χ0v) is 20.2. The van der Waals surface area contributed by atoms with Crippen LogP contribution >= 0.6 is 0 Å². The minimum Gasteiger partial charge on any atom is -0.481 e. The molecule has 0 spiro atoms. The van der Waals surface area contributed by atoms with Crippen LogP contribution in [0.25, 0.3) is 11.1 Å². The van der Waals surface area contributed by atoms with E-state index in [0.717, 1.165) is 12.8 Å². The lowest BCUT2D eigenvalue weighted by Gasteiger charge is -2.16. The van der Waals surface area contributed by atoms with Crippen LogP contribution in [0.4, 0.5) is 4.79 Å². The number of amides is 2. The first-order chi connectivity index (χ1) is 16.9. The molecule has 2 amide bonds. The summed E-state index contributed by atoms with van der Waals surface area (Å²) in [7, 11) is 0. The molecule has 7 nitrogen and oxygen atoms in total. The van der Waals surface area contributed by atoms with Crippen LogP contribution in [0.15, 0.2) is 48.5 Å². The van der Waals surface area contributed by atoms with Gasteiger partial charge in [-0.2, -0.15) is 0 Å². The van der Waals surface area contributed by atoms with Crippen molar-refractivity contribution in [1.29, 1.82) is 0 Å². The smallest absolute Gasteiger partial charge is 0.407 e. The first-order valence-electron chi connectivity index (χ1n) is 12.5. The van der Waals surface area contributed by atoms with Crippen LogP contribution in [-0.2, 0) is 14.3 Å². The second kappa shape index (κ2) is 11.4. The van der Waals surface area contributed by atoms with Crippen LogP contribution in [0.2, 0.25) is 0 Å². The zero-order chi connectivity index (χ0) is 24.8. The maximum absolute atomic E-state index is 12.3. The summed E-state index contributed by atoms with van der Waals surface area (Å²) in [4.78, 5) is 35.6. The normalized spacial score (nSPS) is 19.5. The molecular formula is C28H34N2O5. The number of carboxylic acids is 1. The number of carboxylic acid groups (broad SMARTS) is 1. The SMILES string of the molecule is CC(CCNC(=O)OCC1c2ccccc2-c2ccccc21)CCC(=O)N[C@@H]1CC[C@H](C(=O)O)C1. The number of aliphatic carboxylic acids is 1. The van der Waals surface area contributed by atoms with E-state index in [4.69, 9.17) is 9.84 Å². The van der Waals surface area contributed by atoms with Crippen molar-refractivity contribution >= 4 is 18.0 Å². The number of rotatable bonds is 10. The van der Waals surface area contributed by atoms with E-state index in [2.05, 4.69) is 41.8 Å². The van der Waals surface area contributed by atoms with Gasteiger partial charge in [-0.05, 0) is 60.3 Å².